The summed E-state index contributed by atoms with van der Waals surface area (Å²) in [5.41, 5.74) is 7.80. The summed E-state index contributed by atoms with van der Waals surface area (Å²) in [4.78, 5) is 11.7. The van der Waals surface area contributed by atoms with Crippen LogP contribution in [0.15, 0.2) is 47.1 Å². The van der Waals surface area contributed by atoms with E-state index in [0.717, 1.165) is 11.1 Å². The van der Waals surface area contributed by atoms with Crippen molar-refractivity contribution in [1.29, 1.82) is 0 Å². The molecule has 0 radical (unpaired) electrons. The minimum absolute atomic E-state index is 0.130. The van der Waals surface area contributed by atoms with Crippen LogP contribution in [0.25, 0.3) is 10.9 Å². The molecule has 0 saturated carbocycles. The Balaban J connectivity index is 2.14. The molecule has 0 aliphatic heterocycles. The van der Waals surface area contributed by atoms with E-state index in [9.17, 15) is 9.18 Å². The van der Waals surface area contributed by atoms with Crippen molar-refractivity contribution in [3.8, 4) is 5.75 Å². The first kappa shape index (κ1) is 17.5. The van der Waals surface area contributed by atoms with E-state index in [1.165, 1.54) is 6.07 Å². The molecule has 0 bridgehead atoms. The standard InChI is InChI=1S/C19H18BrFN2O2/c1-11(19(22)24)13-9-23(2)17-14(20)8-15(21)18(16(13)17)25-10-12-6-4-3-5-7-12/h3-9,11H,10H2,1-2H3,(H2,22,24). The Morgan fingerprint density at radius 3 is 2.68 bits per heavy atom. The van der Waals surface area contributed by atoms with Gasteiger partial charge in [0, 0.05) is 23.1 Å². The summed E-state index contributed by atoms with van der Waals surface area (Å²) in [6.07, 6.45) is 1.79. The Bertz CT molecular complexity index is 938. The number of primary amides is 1. The number of fused-ring (bicyclic) bond motifs is 1. The molecule has 0 aliphatic carbocycles. The van der Waals surface area contributed by atoms with E-state index in [1.54, 1.807) is 13.1 Å². The maximum absolute atomic E-state index is 14.7. The molecule has 6 heteroatoms. The molecule has 0 saturated heterocycles. The van der Waals surface area contributed by atoms with Crippen LogP contribution in [0.5, 0.6) is 5.75 Å². The Morgan fingerprint density at radius 2 is 2.04 bits per heavy atom. The molecule has 1 amide bonds. The van der Waals surface area contributed by atoms with Gasteiger partial charge in [-0.2, -0.15) is 0 Å². The van der Waals surface area contributed by atoms with E-state index < -0.39 is 17.6 Å². The van der Waals surface area contributed by atoms with Crippen molar-refractivity contribution in [2.75, 3.05) is 0 Å². The summed E-state index contributed by atoms with van der Waals surface area (Å²) in [5.74, 6) is -1.39. The molecule has 4 nitrogen and oxygen atoms in total. The van der Waals surface area contributed by atoms with E-state index in [4.69, 9.17) is 10.5 Å². The zero-order chi connectivity index (χ0) is 18.1. The van der Waals surface area contributed by atoms with Crippen molar-refractivity contribution < 1.29 is 13.9 Å². The molecule has 2 N–H and O–H groups in total. The number of carbonyl (C=O) groups excluding carboxylic acids is 1. The normalized spacial score (nSPS) is 12.3. The third kappa shape index (κ3) is 3.26. The van der Waals surface area contributed by atoms with Gasteiger partial charge < -0.3 is 15.0 Å². The molecule has 3 rings (SSSR count). The van der Waals surface area contributed by atoms with Crippen LogP contribution in [-0.4, -0.2) is 10.5 Å². The number of benzene rings is 2. The van der Waals surface area contributed by atoms with Crippen molar-refractivity contribution in [3.05, 3.63) is 64.0 Å². The molecular weight excluding hydrogens is 387 g/mol. The molecule has 130 valence electrons. The number of rotatable bonds is 5. The van der Waals surface area contributed by atoms with E-state index in [0.29, 0.717) is 15.4 Å². The molecule has 1 unspecified atom stereocenters. The van der Waals surface area contributed by atoms with Gasteiger partial charge >= 0.3 is 0 Å². The summed E-state index contributed by atoms with van der Waals surface area (Å²) in [5, 5.41) is 0.566. The van der Waals surface area contributed by atoms with E-state index in [-0.39, 0.29) is 12.4 Å². The van der Waals surface area contributed by atoms with E-state index in [2.05, 4.69) is 15.9 Å². The molecule has 2 aromatic carbocycles. The molecule has 0 aliphatic rings. The predicted molar refractivity (Wildman–Crippen MR) is 99.0 cm³/mol. The largest absolute Gasteiger partial charge is 0.485 e. The summed E-state index contributed by atoms with van der Waals surface area (Å²) < 4.78 is 22.9. The van der Waals surface area contributed by atoms with Crippen LogP contribution in [-0.2, 0) is 18.4 Å². The molecule has 0 fully saturated rings. The van der Waals surface area contributed by atoms with Gasteiger partial charge in [-0.1, -0.05) is 30.3 Å². The maximum atomic E-state index is 14.7. The average Bonchev–Trinajstić information content (AvgIpc) is 2.92. The van der Waals surface area contributed by atoms with Gasteiger partial charge in [0.25, 0.3) is 0 Å². The fourth-order valence-corrected chi connectivity index (χ4v) is 3.57. The Morgan fingerprint density at radius 1 is 1.36 bits per heavy atom. The quantitative estimate of drug-likeness (QED) is 0.690. The highest BCUT2D eigenvalue weighted by Crippen LogP contribution is 2.40. The van der Waals surface area contributed by atoms with Gasteiger partial charge in [0.2, 0.25) is 5.91 Å². The number of halogens is 2. The molecule has 3 aromatic rings. The van der Waals surface area contributed by atoms with Crippen molar-refractivity contribution in [2.24, 2.45) is 12.8 Å². The first-order valence-corrected chi connectivity index (χ1v) is 8.62. The zero-order valence-corrected chi connectivity index (χ0v) is 15.5. The van der Waals surface area contributed by atoms with Gasteiger partial charge in [-0.15, -0.1) is 0 Å². The molecule has 1 atom stereocenters. The second kappa shape index (κ2) is 6.88. The second-order valence-corrected chi connectivity index (χ2v) is 6.84. The van der Waals surface area contributed by atoms with Gasteiger partial charge in [-0.05, 0) is 40.0 Å². The van der Waals surface area contributed by atoms with Gasteiger partial charge in [-0.25, -0.2) is 4.39 Å². The minimum Gasteiger partial charge on any atom is -0.485 e. The number of aromatic nitrogens is 1. The van der Waals surface area contributed by atoms with Crippen LogP contribution in [0.4, 0.5) is 4.39 Å². The van der Waals surface area contributed by atoms with Crippen molar-refractivity contribution in [3.63, 3.8) is 0 Å². The van der Waals surface area contributed by atoms with Crippen molar-refractivity contribution in [1.82, 2.24) is 4.57 Å². The summed E-state index contributed by atoms with van der Waals surface area (Å²) in [6, 6.07) is 10.9. The highest BCUT2D eigenvalue weighted by molar-refractivity contribution is 9.10. The number of hydrogen-bond donors (Lipinski definition) is 1. The summed E-state index contributed by atoms with van der Waals surface area (Å²) >= 11 is 3.40. The molecule has 25 heavy (non-hydrogen) atoms. The van der Waals surface area contributed by atoms with Crippen LogP contribution in [0.2, 0.25) is 0 Å². The third-order valence-electron chi connectivity index (χ3n) is 4.25. The Hall–Kier alpha value is -2.34. The molecule has 0 spiro atoms. The van der Waals surface area contributed by atoms with E-state index in [1.807, 2.05) is 41.9 Å². The van der Waals surface area contributed by atoms with Crippen LogP contribution in [0.1, 0.15) is 24.0 Å². The number of hydrogen-bond acceptors (Lipinski definition) is 2. The number of nitrogens with zero attached hydrogens (tertiary/aromatic N) is 1. The fraction of sp³-hybridized carbons (Fsp3) is 0.211. The second-order valence-electron chi connectivity index (χ2n) is 5.99. The lowest BCUT2D eigenvalue weighted by Gasteiger charge is -2.13. The van der Waals surface area contributed by atoms with Crippen LogP contribution in [0, 0.1) is 5.82 Å². The van der Waals surface area contributed by atoms with Gasteiger partial charge in [-0.3, -0.25) is 4.79 Å². The van der Waals surface area contributed by atoms with Crippen LogP contribution in [0.3, 0.4) is 0 Å². The van der Waals surface area contributed by atoms with Crippen molar-refractivity contribution >= 4 is 32.7 Å². The van der Waals surface area contributed by atoms with Crippen LogP contribution < -0.4 is 10.5 Å². The SMILES string of the molecule is CC(C(N)=O)c1cn(C)c2c(Br)cc(F)c(OCc3ccccc3)c12. The first-order valence-electron chi connectivity index (χ1n) is 7.83. The fourth-order valence-electron chi connectivity index (χ4n) is 2.89. The van der Waals surface area contributed by atoms with E-state index >= 15 is 0 Å². The number of aryl methyl sites for hydroxylation is 1. The van der Waals surface area contributed by atoms with Gasteiger partial charge in [0.15, 0.2) is 11.6 Å². The molecule has 1 heterocycles. The molecule has 1 aromatic heterocycles. The monoisotopic (exact) mass is 404 g/mol. The smallest absolute Gasteiger partial charge is 0.224 e. The first-order chi connectivity index (χ1) is 11.9. The molecular formula is C19H18BrFN2O2. The highest BCUT2D eigenvalue weighted by atomic mass is 79.9. The number of carbonyl (C=O) groups is 1. The Kier molecular flexibility index (Phi) is 4.81. The lowest BCUT2D eigenvalue weighted by atomic mass is 9.99. The maximum Gasteiger partial charge on any atom is 0.224 e. The van der Waals surface area contributed by atoms with Gasteiger partial charge in [0.1, 0.15) is 6.61 Å². The Labute approximate surface area is 153 Å². The average molecular weight is 405 g/mol. The lowest BCUT2D eigenvalue weighted by molar-refractivity contribution is -0.119. The summed E-state index contributed by atoms with van der Waals surface area (Å²) in [6.45, 7) is 1.94. The predicted octanol–water partition coefficient (Wildman–Crippen LogP) is 4.25. The van der Waals surface area contributed by atoms with Gasteiger partial charge in [0.05, 0.1) is 11.4 Å². The lowest BCUT2D eigenvalue weighted by Crippen LogP contribution is -2.18. The highest BCUT2D eigenvalue weighted by Gasteiger charge is 2.24. The number of ether oxygens (including phenoxy) is 1. The number of amides is 1. The number of nitrogens with two attached hydrogens (primary N) is 1. The zero-order valence-electron chi connectivity index (χ0n) is 13.9. The van der Waals surface area contributed by atoms with Crippen LogP contribution >= 0.6 is 15.9 Å². The third-order valence-corrected chi connectivity index (χ3v) is 4.86. The summed E-state index contributed by atoms with van der Waals surface area (Å²) in [7, 11) is 1.84. The topological polar surface area (TPSA) is 57.2 Å². The van der Waals surface area contributed by atoms with Crippen molar-refractivity contribution in [2.45, 2.75) is 19.4 Å². The minimum atomic E-state index is -0.559.